The van der Waals surface area contributed by atoms with Crippen LogP contribution in [-0.4, -0.2) is 21.5 Å². The zero-order chi connectivity index (χ0) is 14.7. The number of aromatic nitrogens is 3. The smallest absolute Gasteiger partial charge is 0.225 e. The summed E-state index contributed by atoms with van der Waals surface area (Å²) < 4.78 is 0. The summed E-state index contributed by atoms with van der Waals surface area (Å²) in [5.74, 6) is 1.48. The molecule has 0 saturated carbocycles. The molecule has 0 aliphatic heterocycles. The predicted molar refractivity (Wildman–Crippen MR) is 87.9 cm³/mol. The highest BCUT2D eigenvalue weighted by atomic mass is 32.1. The highest BCUT2D eigenvalue weighted by Crippen LogP contribution is 2.22. The normalized spacial score (nSPS) is 10.8. The fourth-order valence-corrected chi connectivity index (χ4v) is 2.80. The van der Waals surface area contributed by atoms with Gasteiger partial charge in [0.05, 0.1) is 12.1 Å². The zero-order valence-electron chi connectivity index (χ0n) is 12.1. The molecular weight excluding hydrogens is 282 g/mol. The van der Waals surface area contributed by atoms with Gasteiger partial charge in [-0.15, -0.1) is 11.3 Å². The van der Waals surface area contributed by atoms with Gasteiger partial charge >= 0.3 is 0 Å². The van der Waals surface area contributed by atoms with Crippen LogP contribution in [0, 0.1) is 6.92 Å². The van der Waals surface area contributed by atoms with E-state index in [0.29, 0.717) is 12.5 Å². The quantitative estimate of drug-likeness (QED) is 0.755. The first-order valence-electron chi connectivity index (χ1n) is 6.92. The number of aryl methyl sites for hydroxylation is 1. The molecule has 0 saturated heterocycles. The molecule has 0 bridgehead atoms. The van der Waals surface area contributed by atoms with Crippen LogP contribution >= 0.6 is 11.3 Å². The van der Waals surface area contributed by atoms with E-state index in [2.05, 4.69) is 31.0 Å². The molecule has 21 heavy (non-hydrogen) atoms. The molecular formula is C15H17N5S. The number of nitrogens with one attached hydrogen (secondary N) is 2. The van der Waals surface area contributed by atoms with Crippen molar-refractivity contribution >= 4 is 34.0 Å². The van der Waals surface area contributed by atoms with E-state index in [0.717, 1.165) is 34.0 Å². The molecule has 0 amide bonds. The summed E-state index contributed by atoms with van der Waals surface area (Å²) in [4.78, 5) is 13.5. The van der Waals surface area contributed by atoms with Crippen LogP contribution in [0.5, 0.6) is 0 Å². The minimum Gasteiger partial charge on any atom is -0.363 e. The molecule has 0 aliphatic carbocycles. The third-order valence-corrected chi connectivity index (χ3v) is 3.98. The van der Waals surface area contributed by atoms with Crippen molar-refractivity contribution in [2.75, 3.05) is 17.2 Å². The maximum atomic E-state index is 4.56. The van der Waals surface area contributed by atoms with Gasteiger partial charge in [-0.3, -0.25) is 0 Å². The van der Waals surface area contributed by atoms with E-state index in [4.69, 9.17) is 0 Å². The van der Waals surface area contributed by atoms with Crippen LogP contribution in [0.1, 0.15) is 17.6 Å². The van der Waals surface area contributed by atoms with Crippen molar-refractivity contribution < 1.29 is 0 Å². The maximum absolute atomic E-state index is 4.56. The van der Waals surface area contributed by atoms with E-state index in [-0.39, 0.29) is 0 Å². The maximum Gasteiger partial charge on any atom is 0.225 e. The third kappa shape index (κ3) is 3.11. The molecule has 0 aliphatic rings. The summed E-state index contributed by atoms with van der Waals surface area (Å²) >= 11 is 1.66. The Morgan fingerprint density at radius 2 is 1.95 bits per heavy atom. The van der Waals surface area contributed by atoms with E-state index < -0.39 is 0 Å². The summed E-state index contributed by atoms with van der Waals surface area (Å²) in [6.07, 6.45) is 0. The SMILES string of the molecule is CCNc1nc(NCc2nc(C)cs2)c2ccccc2n1. The van der Waals surface area contributed by atoms with Gasteiger partial charge in [0.2, 0.25) is 5.95 Å². The number of fused-ring (bicyclic) bond motifs is 1. The zero-order valence-corrected chi connectivity index (χ0v) is 12.9. The van der Waals surface area contributed by atoms with Crippen LogP contribution in [-0.2, 0) is 6.54 Å². The highest BCUT2D eigenvalue weighted by molar-refractivity contribution is 7.09. The average molecular weight is 299 g/mol. The summed E-state index contributed by atoms with van der Waals surface area (Å²) in [5.41, 5.74) is 1.99. The van der Waals surface area contributed by atoms with Crippen LogP contribution in [0.25, 0.3) is 10.9 Å². The molecule has 2 heterocycles. The molecule has 0 spiro atoms. The Morgan fingerprint density at radius 3 is 2.71 bits per heavy atom. The molecule has 0 fully saturated rings. The van der Waals surface area contributed by atoms with Crippen LogP contribution < -0.4 is 10.6 Å². The number of anilines is 2. The number of hydrogen-bond donors (Lipinski definition) is 2. The molecule has 2 aromatic heterocycles. The summed E-state index contributed by atoms with van der Waals surface area (Å²) in [6, 6.07) is 8.01. The molecule has 0 radical (unpaired) electrons. The van der Waals surface area contributed by atoms with Gasteiger partial charge in [0.1, 0.15) is 10.8 Å². The molecule has 5 nitrogen and oxygen atoms in total. The first-order valence-corrected chi connectivity index (χ1v) is 7.79. The molecule has 0 atom stereocenters. The Hall–Kier alpha value is -2.21. The van der Waals surface area contributed by atoms with Crippen LogP contribution in [0.15, 0.2) is 29.6 Å². The van der Waals surface area contributed by atoms with Gasteiger partial charge in [-0.1, -0.05) is 12.1 Å². The van der Waals surface area contributed by atoms with Gasteiger partial charge in [-0.25, -0.2) is 9.97 Å². The summed E-state index contributed by atoms with van der Waals surface area (Å²) in [7, 11) is 0. The first-order chi connectivity index (χ1) is 10.3. The number of para-hydroxylation sites is 1. The lowest BCUT2D eigenvalue weighted by atomic mass is 10.2. The minimum absolute atomic E-state index is 0.647. The third-order valence-electron chi connectivity index (χ3n) is 3.01. The van der Waals surface area contributed by atoms with E-state index in [9.17, 15) is 0 Å². The highest BCUT2D eigenvalue weighted by Gasteiger charge is 2.07. The van der Waals surface area contributed by atoms with Gasteiger partial charge in [0.25, 0.3) is 0 Å². The molecule has 3 rings (SSSR count). The lowest BCUT2D eigenvalue weighted by Gasteiger charge is -2.10. The van der Waals surface area contributed by atoms with Gasteiger partial charge in [0, 0.05) is 23.0 Å². The van der Waals surface area contributed by atoms with Crippen molar-refractivity contribution in [2.24, 2.45) is 0 Å². The topological polar surface area (TPSA) is 62.7 Å². The Labute approximate surface area is 127 Å². The van der Waals surface area contributed by atoms with Crippen molar-refractivity contribution in [3.63, 3.8) is 0 Å². The number of thiazole rings is 1. The van der Waals surface area contributed by atoms with Crippen molar-refractivity contribution in [1.29, 1.82) is 0 Å². The average Bonchev–Trinajstić information content (AvgIpc) is 2.91. The van der Waals surface area contributed by atoms with Crippen LogP contribution in [0.4, 0.5) is 11.8 Å². The van der Waals surface area contributed by atoms with E-state index in [1.54, 1.807) is 11.3 Å². The van der Waals surface area contributed by atoms with Crippen molar-refractivity contribution in [3.8, 4) is 0 Å². The molecule has 1 aromatic carbocycles. The predicted octanol–water partition coefficient (Wildman–Crippen LogP) is 3.44. The lowest BCUT2D eigenvalue weighted by molar-refractivity contribution is 1.05. The van der Waals surface area contributed by atoms with Gasteiger partial charge in [0.15, 0.2) is 0 Å². The molecule has 0 unspecified atom stereocenters. The van der Waals surface area contributed by atoms with Crippen molar-refractivity contribution in [3.05, 3.63) is 40.3 Å². The molecule has 108 valence electrons. The first kappa shape index (κ1) is 13.8. The fourth-order valence-electron chi connectivity index (χ4n) is 2.09. The number of benzene rings is 1. The summed E-state index contributed by atoms with van der Waals surface area (Å²) in [5, 5.41) is 10.7. The Morgan fingerprint density at radius 1 is 1.10 bits per heavy atom. The number of rotatable bonds is 5. The van der Waals surface area contributed by atoms with Crippen molar-refractivity contribution in [1.82, 2.24) is 15.0 Å². The lowest BCUT2D eigenvalue weighted by Crippen LogP contribution is -2.07. The minimum atomic E-state index is 0.647. The largest absolute Gasteiger partial charge is 0.363 e. The Balaban J connectivity index is 1.91. The Bertz CT molecular complexity index is 753. The second kappa shape index (κ2) is 6.05. The number of hydrogen-bond acceptors (Lipinski definition) is 6. The monoisotopic (exact) mass is 299 g/mol. The van der Waals surface area contributed by atoms with Gasteiger partial charge in [-0.2, -0.15) is 4.98 Å². The second-order valence-electron chi connectivity index (χ2n) is 4.68. The molecule has 3 aromatic rings. The summed E-state index contributed by atoms with van der Waals surface area (Å²) in [6.45, 7) is 5.50. The number of nitrogens with zero attached hydrogens (tertiary/aromatic N) is 3. The van der Waals surface area contributed by atoms with E-state index in [1.807, 2.05) is 38.1 Å². The van der Waals surface area contributed by atoms with Crippen LogP contribution in [0.2, 0.25) is 0 Å². The standard InChI is InChI=1S/C15H17N5S/c1-3-16-15-19-12-7-5-4-6-11(12)14(20-15)17-8-13-18-10(2)9-21-13/h4-7,9H,3,8H2,1-2H3,(H2,16,17,19,20). The fraction of sp³-hybridized carbons (Fsp3) is 0.267. The molecule has 6 heteroatoms. The van der Waals surface area contributed by atoms with Crippen molar-refractivity contribution in [2.45, 2.75) is 20.4 Å². The Kier molecular flexibility index (Phi) is 3.96. The van der Waals surface area contributed by atoms with Crippen LogP contribution in [0.3, 0.4) is 0 Å². The van der Waals surface area contributed by atoms with E-state index in [1.165, 1.54) is 0 Å². The van der Waals surface area contributed by atoms with E-state index >= 15 is 0 Å². The van der Waals surface area contributed by atoms with Gasteiger partial charge in [-0.05, 0) is 26.0 Å². The second-order valence-corrected chi connectivity index (χ2v) is 5.62. The molecule has 2 N–H and O–H groups in total. The van der Waals surface area contributed by atoms with Gasteiger partial charge < -0.3 is 10.6 Å².